The third-order valence-corrected chi connectivity index (χ3v) is 2.74. The van der Waals surface area contributed by atoms with Gasteiger partial charge in [0.25, 0.3) is 0 Å². The first-order valence-electron chi connectivity index (χ1n) is 5.07. The van der Waals surface area contributed by atoms with Crippen LogP contribution in [0.2, 0.25) is 0 Å². The van der Waals surface area contributed by atoms with Crippen LogP contribution in [0.15, 0.2) is 30.3 Å². The number of ether oxygens (including phenoxy) is 1. The van der Waals surface area contributed by atoms with Crippen LogP contribution in [0.3, 0.4) is 0 Å². The zero-order valence-corrected chi connectivity index (χ0v) is 8.87. The highest BCUT2D eigenvalue weighted by atomic mass is 19.3. The molecule has 0 aliphatic heterocycles. The van der Waals surface area contributed by atoms with Crippen LogP contribution < -0.4 is 4.74 Å². The molecule has 1 fully saturated rings. The molecule has 16 heavy (non-hydrogen) atoms. The molecule has 4 heteroatoms. The lowest BCUT2D eigenvalue weighted by atomic mass is 9.67. The summed E-state index contributed by atoms with van der Waals surface area (Å²) in [6.07, 6.45) is -0.850. The highest BCUT2D eigenvalue weighted by Gasteiger charge is 2.58. The Morgan fingerprint density at radius 3 is 2.31 bits per heavy atom. The van der Waals surface area contributed by atoms with E-state index < -0.39 is 30.1 Å². The Hall–Kier alpha value is -1.45. The minimum atomic E-state index is -2.72. The normalized spacial score (nSPS) is 20.9. The molecule has 2 rings (SSSR count). The summed E-state index contributed by atoms with van der Waals surface area (Å²) in [6.45, 7) is 1.51. The average molecular weight is 226 g/mol. The average Bonchev–Trinajstić information content (AvgIpc) is 2.16. The Balaban J connectivity index is 2.00. The van der Waals surface area contributed by atoms with Gasteiger partial charge in [-0.05, 0) is 19.1 Å². The lowest BCUT2D eigenvalue weighted by Crippen LogP contribution is -2.50. The molecule has 1 saturated carbocycles. The molecule has 0 atom stereocenters. The minimum Gasteiger partial charge on any atom is -0.426 e. The molecule has 0 amide bonds. The summed E-state index contributed by atoms with van der Waals surface area (Å²) < 4.78 is 30.5. The number of alkyl halides is 2. The fourth-order valence-corrected chi connectivity index (χ4v) is 1.95. The molecule has 0 unspecified atom stereocenters. The van der Waals surface area contributed by atoms with E-state index in [2.05, 4.69) is 0 Å². The summed E-state index contributed by atoms with van der Waals surface area (Å²) in [5.41, 5.74) is -1.04. The molecule has 0 bridgehead atoms. The number of para-hydroxylation sites is 1. The Kier molecular flexibility index (Phi) is 2.45. The molecule has 0 aromatic heterocycles. The topological polar surface area (TPSA) is 26.3 Å². The standard InChI is InChI=1S/C12H12F2O2/c1-11(7-12(13,14)8-11)10(15)16-9-5-3-2-4-6-9/h2-6H,7-8H2,1H3. The van der Waals surface area contributed by atoms with E-state index in [4.69, 9.17) is 4.74 Å². The fourth-order valence-electron chi connectivity index (χ4n) is 1.95. The molecular formula is C12H12F2O2. The van der Waals surface area contributed by atoms with Gasteiger partial charge in [0.05, 0.1) is 5.41 Å². The second-order valence-electron chi connectivity index (χ2n) is 4.47. The smallest absolute Gasteiger partial charge is 0.317 e. The highest BCUT2D eigenvalue weighted by molar-refractivity contribution is 5.80. The molecule has 0 radical (unpaired) electrons. The van der Waals surface area contributed by atoms with Crippen molar-refractivity contribution in [2.75, 3.05) is 0 Å². The summed E-state index contributed by atoms with van der Waals surface area (Å²) >= 11 is 0. The second kappa shape index (κ2) is 3.54. The Morgan fingerprint density at radius 1 is 1.25 bits per heavy atom. The van der Waals surface area contributed by atoms with Crippen molar-refractivity contribution in [1.29, 1.82) is 0 Å². The zero-order valence-electron chi connectivity index (χ0n) is 8.87. The van der Waals surface area contributed by atoms with Gasteiger partial charge in [-0.25, -0.2) is 8.78 Å². The maximum Gasteiger partial charge on any atom is 0.317 e. The van der Waals surface area contributed by atoms with E-state index in [0.717, 1.165) is 0 Å². The van der Waals surface area contributed by atoms with Crippen LogP contribution in [-0.4, -0.2) is 11.9 Å². The largest absolute Gasteiger partial charge is 0.426 e. The van der Waals surface area contributed by atoms with Crippen LogP contribution in [0.1, 0.15) is 19.8 Å². The number of carbonyl (C=O) groups is 1. The van der Waals surface area contributed by atoms with E-state index in [1.807, 2.05) is 0 Å². The van der Waals surface area contributed by atoms with Crippen molar-refractivity contribution in [2.45, 2.75) is 25.7 Å². The molecule has 0 N–H and O–H groups in total. The maximum atomic E-state index is 12.7. The number of carbonyl (C=O) groups excluding carboxylic acids is 1. The first kappa shape index (κ1) is 11.0. The van der Waals surface area contributed by atoms with Crippen molar-refractivity contribution in [3.05, 3.63) is 30.3 Å². The fraction of sp³-hybridized carbons (Fsp3) is 0.417. The van der Waals surface area contributed by atoms with Crippen LogP contribution in [-0.2, 0) is 4.79 Å². The number of benzene rings is 1. The van der Waals surface area contributed by atoms with Crippen LogP contribution in [0, 0.1) is 5.41 Å². The first-order chi connectivity index (χ1) is 7.41. The van der Waals surface area contributed by atoms with E-state index in [1.54, 1.807) is 30.3 Å². The van der Waals surface area contributed by atoms with Crippen molar-refractivity contribution in [1.82, 2.24) is 0 Å². The van der Waals surface area contributed by atoms with Crippen molar-refractivity contribution >= 4 is 5.97 Å². The molecule has 86 valence electrons. The number of hydrogen-bond acceptors (Lipinski definition) is 2. The number of halogens is 2. The van der Waals surface area contributed by atoms with Gasteiger partial charge in [0.2, 0.25) is 5.92 Å². The van der Waals surface area contributed by atoms with Gasteiger partial charge in [-0.1, -0.05) is 18.2 Å². The Morgan fingerprint density at radius 2 is 1.81 bits per heavy atom. The molecule has 2 nitrogen and oxygen atoms in total. The number of rotatable bonds is 2. The summed E-state index contributed by atoms with van der Waals surface area (Å²) in [5, 5.41) is 0. The van der Waals surface area contributed by atoms with E-state index >= 15 is 0 Å². The van der Waals surface area contributed by atoms with Gasteiger partial charge in [0.1, 0.15) is 5.75 Å². The summed E-state index contributed by atoms with van der Waals surface area (Å²) in [5.74, 6) is -2.90. The second-order valence-corrected chi connectivity index (χ2v) is 4.47. The van der Waals surface area contributed by atoms with Gasteiger partial charge in [0, 0.05) is 12.8 Å². The van der Waals surface area contributed by atoms with Crippen LogP contribution >= 0.6 is 0 Å². The van der Waals surface area contributed by atoms with E-state index in [1.165, 1.54) is 6.92 Å². The Labute approximate surface area is 92.2 Å². The monoisotopic (exact) mass is 226 g/mol. The maximum absolute atomic E-state index is 12.7. The van der Waals surface area contributed by atoms with Gasteiger partial charge in [-0.3, -0.25) is 4.79 Å². The van der Waals surface area contributed by atoms with Crippen LogP contribution in [0.4, 0.5) is 8.78 Å². The SMILES string of the molecule is CC1(C(=O)Oc2ccccc2)CC(F)(F)C1. The lowest BCUT2D eigenvalue weighted by molar-refractivity contribution is -0.186. The molecular weight excluding hydrogens is 214 g/mol. The van der Waals surface area contributed by atoms with Gasteiger partial charge in [-0.15, -0.1) is 0 Å². The third kappa shape index (κ3) is 2.05. The van der Waals surface area contributed by atoms with Gasteiger partial charge < -0.3 is 4.74 Å². The highest BCUT2D eigenvalue weighted by Crippen LogP contribution is 2.52. The quantitative estimate of drug-likeness (QED) is 0.572. The molecule has 0 heterocycles. The van der Waals surface area contributed by atoms with Crippen LogP contribution in [0.5, 0.6) is 5.75 Å². The van der Waals surface area contributed by atoms with E-state index in [0.29, 0.717) is 5.75 Å². The zero-order chi connectivity index (χ0) is 11.8. The van der Waals surface area contributed by atoms with Gasteiger partial charge in [0.15, 0.2) is 0 Å². The van der Waals surface area contributed by atoms with Crippen molar-refractivity contribution < 1.29 is 18.3 Å². The molecule has 1 aromatic rings. The third-order valence-electron chi connectivity index (χ3n) is 2.74. The van der Waals surface area contributed by atoms with Crippen molar-refractivity contribution in [3.63, 3.8) is 0 Å². The predicted molar refractivity (Wildman–Crippen MR) is 54.4 cm³/mol. The molecule has 1 aromatic carbocycles. The molecule has 1 aliphatic carbocycles. The summed E-state index contributed by atoms with van der Waals surface area (Å²) in [6, 6.07) is 8.48. The van der Waals surface area contributed by atoms with Gasteiger partial charge >= 0.3 is 5.97 Å². The van der Waals surface area contributed by atoms with Gasteiger partial charge in [-0.2, -0.15) is 0 Å². The minimum absolute atomic E-state index is 0.393. The van der Waals surface area contributed by atoms with E-state index in [-0.39, 0.29) is 0 Å². The molecule has 0 saturated heterocycles. The van der Waals surface area contributed by atoms with Crippen LogP contribution in [0.25, 0.3) is 0 Å². The predicted octanol–water partition coefficient (Wildman–Crippen LogP) is 3.03. The summed E-state index contributed by atoms with van der Waals surface area (Å²) in [7, 11) is 0. The van der Waals surface area contributed by atoms with Crippen molar-refractivity contribution in [3.8, 4) is 5.75 Å². The summed E-state index contributed by atoms with van der Waals surface area (Å²) in [4.78, 5) is 11.6. The number of esters is 1. The van der Waals surface area contributed by atoms with E-state index in [9.17, 15) is 13.6 Å². The Bertz CT molecular complexity index is 393. The van der Waals surface area contributed by atoms with Crippen molar-refractivity contribution in [2.24, 2.45) is 5.41 Å². The molecule has 1 aliphatic rings. The molecule has 0 spiro atoms. The first-order valence-corrected chi connectivity index (χ1v) is 5.07. The lowest BCUT2D eigenvalue weighted by Gasteiger charge is -2.42. The number of hydrogen-bond donors (Lipinski definition) is 0.